The summed E-state index contributed by atoms with van der Waals surface area (Å²) in [4.78, 5) is 0. The fraction of sp³-hybridized carbons (Fsp3) is 0.429. The third-order valence-electron chi connectivity index (χ3n) is 1.98. The van der Waals surface area contributed by atoms with Gasteiger partial charge in [-0.05, 0) is 13.8 Å². The maximum absolute atomic E-state index is 5.88. The van der Waals surface area contributed by atoms with E-state index in [1.807, 2.05) is 26.0 Å². The normalized spacial score (nSPS) is 25.0. The second kappa shape index (κ2) is 3.13. The molecule has 0 N–H and O–H groups in total. The van der Waals surface area contributed by atoms with Gasteiger partial charge in [-0.25, -0.2) is 0 Å². The monoisotopic (exact) mass is 226 g/mol. The molecule has 0 saturated heterocycles. The fourth-order valence-electron chi connectivity index (χ4n) is 1.12. The number of halogens is 3. The van der Waals surface area contributed by atoms with Crippen molar-refractivity contribution < 1.29 is 0 Å². The molecule has 0 amide bonds. The van der Waals surface area contributed by atoms with Gasteiger partial charge in [0, 0.05) is 5.54 Å². The van der Waals surface area contributed by atoms with Gasteiger partial charge in [-0.1, -0.05) is 23.3 Å². The summed E-state index contributed by atoms with van der Waals surface area (Å²) < 4.78 is 0. The highest BCUT2D eigenvalue weighted by Crippen LogP contribution is 2.44. The highest BCUT2D eigenvalue weighted by atomic mass is 35.8. The molecule has 4 heteroatoms. The first kappa shape index (κ1) is 9.65. The van der Waals surface area contributed by atoms with Crippen LogP contribution in [0.5, 0.6) is 0 Å². The lowest BCUT2D eigenvalue weighted by molar-refractivity contribution is 1.19. The van der Waals surface area contributed by atoms with Gasteiger partial charge < -0.3 is 0 Å². The minimum Gasteiger partial charge on any atom is -0.125 e. The lowest BCUT2D eigenvalue weighted by Gasteiger charge is -2.16. The Bertz CT molecular complexity index is 224. The Morgan fingerprint density at radius 1 is 1.27 bits per heavy atom. The largest absolute Gasteiger partial charge is 0.351 e. The minimum absolute atomic E-state index is 0.0903. The van der Waals surface area contributed by atoms with Gasteiger partial charge in [0.1, 0.15) is 0 Å². The smallest absolute Gasteiger partial charge is 0.125 e. The molecular weight excluding hydrogens is 219 g/mol. The number of hydrogen-bond acceptors (Lipinski definition) is 0. The first-order chi connectivity index (χ1) is 4.93. The van der Waals surface area contributed by atoms with Crippen LogP contribution in [0.25, 0.3) is 0 Å². The van der Waals surface area contributed by atoms with Crippen LogP contribution in [0.1, 0.15) is 13.8 Å². The van der Waals surface area contributed by atoms with Gasteiger partial charge in [0.2, 0.25) is 0 Å². The Labute approximate surface area is 82.0 Å². The molecule has 0 saturated carbocycles. The molecule has 1 aliphatic rings. The minimum atomic E-state index is -2.56. The van der Waals surface area contributed by atoms with E-state index in [2.05, 4.69) is 0 Å². The van der Waals surface area contributed by atoms with E-state index in [1.165, 1.54) is 11.1 Å². The van der Waals surface area contributed by atoms with Crippen LogP contribution >= 0.6 is 33.2 Å². The van der Waals surface area contributed by atoms with Gasteiger partial charge in [-0.3, -0.25) is 0 Å². The van der Waals surface area contributed by atoms with Crippen LogP contribution in [-0.2, 0) is 0 Å². The van der Waals surface area contributed by atoms with Crippen molar-refractivity contribution in [1.29, 1.82) is 0 Å². The molecule has 0 heterocycles. The summed E-state index contributed by atoms with van der Waals surface area (Å²) in [7, 11) is 0. The third kappa shape index (κ3) is 2.03. The average molecular weight is 228 g/mol. The molecule has 0 aromatic carbocycles. The Hall–Kier alpha value is 0.567. The van der Waals surface area contributed by atoms with Gasteiger partial charge in [-0.15, -0.1) is 33.2 Å². The molecule has 0 nitrogen and oxygen atoms in total. The summed E-state index contributed by atoms with van der Waals surface area (Å²) in [6.07, 6.45) is 4.01. The molecule has 0 radical (unpaired) electrons. The molecule has 1 rings (SSSR count). The van der Waals surface area contributed by atoms with Crippen LogP contribution in [0.15, 0.2) is 23.3 Å². The summed E-state index contributed by atoms with van der Waals surface area (Å²) in [6.45, 7) is 4.06. The Morgan fingerprint density at radius 3 is 2.00 bits per heavy atom. The van der Waals surface area contributed by atoms with Gasteiger partial charge in [-0.2, -0.15) is 0 Å². The maximum atomic E-state index is 5.88. The molecule has 11 heavy (non-hydrogen) atoms. The lowest BCUT2D eigenvalue weighted by Crippen LogP contribution is -2.17. The molecule has 0 aliphatic heterocycles. The van der Waals surface area contributed by atoms with Crippen molar-refractivity contribution in [2.45, 2.75) is 19.4 Å². The van der Waals surface area contributed by atoms with Crippen LogP contribution in [0.3, 0.4) is 0 Å². The number of hydrogen-bond donors (Lipinski definition) is 0. The van der Waals surface area contributed by atoms with E-state index >= 15 is 0 Å². The predicted molar refractivity (Wildman–Crippen MR) is 54.6 cm³/mol. The number of rotatable bonds is 1. The first-order valence-electron chi connectivity index (χ1n) is 3.35. The SMILES string of the molecule is CC1=C(C)C([Si](Cl)(Cl)Cl)C=C1. The Morgan fingerprint density at radius 2 is 1.82 bits per heavy atom. The summed E-state index contributed by atoms with van der Waals surface area (Å²) in [5, 5.41) is 0. The standard InChI is InChI=1S/C7H9Cl3Si/c1-5-3-4-7(6(5)2)11(8,9)10/h3-4,7H,1-2H3. The van der Waals surface area contributed by atoms with Crippen LogP contribution in [0.4, 0.5) is 0 Å². The zero-order chi connectivity index (χ0) is 8.65. The van der Waals surface area contributed by atoms with E-state index in [0.717, 1.165) is 0 Å². The highest BCUT2D eigenvalue weighted by Gasteiger charge is 2.38. The molecule has 0 spiro atoms. The molecule has 1 unspecified atom stereocenters. The summed E-state index contributed by atoms with van der Waals surface area (Å²) in [6, 6.07) is -2.56. The molecule has 1 aliphatic carbocycles. The summed E-state index contributed by atoms with van der Waals surface area (Å²) >= 11 is 17.7. The van der Waals surface area contributed by atoms with E-state index in [4.69, 9.17) is 33.2 Å². The lowest BCUT2D eigenvalue weighted by atomic mass is 10.2. The highest BCUT2D eigenvalue weighted by molar-refractivity contribution is 7.65. The van der Waals surface area contributed by atoms with Crippen LogP contribution in [-0.4, -0.2) is 6.00 Å². The molecule has 62 valence electrons. The van der Waals surface area contributed by atoms with Crippen molar-refractivity contribution in [2.24, 2.45) is 0 Å². The van der Waals surface area contributed by atoms with E-state index in [-0.39, 0.29) is 5.54 Å². The second-order valence-electron chi connectivity index (χ2n) is 2.74. The van der Waals surface area contributed by atoms with E-state index in [1.54, 1.807) is 0 Å². The van der Waals surface area contributed by atoms with Crippen molar-refractivity contribution in [3.05, 3.63) is 23.3 Å². The van der Waals surface area contributed by atoms with Crippen molar-refractivity contribution >= 4 is 39.2 Å². The first-order valence-corrected chi connectivity index (χ1v) is 8.46. The molecule has 0 bridgehead atoms. The number of allylic oxidation sites excluding steroid dienone is 4. The van der Waals surface area contributed by atoms with Crippen LogP contribution in [0.2, 0.25) is 5.54 Å². The van der Waals surface area contributed by atoms with Crippen molar-refractivity contribution in [2.75, 3.05) is 0 Å². The van der Waals surface area contributed by atoms with Crippen LogP contribution in [0, 0.1) is 0 Å². The zero-order valence-corrected chi connectivity index (χ0v) is 9.63. The van der Waals surface area contributed by atoms with Gasteiger partial charge in [0.25, 0.3) is 0 Å². The molecule has 0 aromatic rings. The maximum Gasteiger partial charge on any atom is 0.351 e. The Balaban J connectivity index is 2.89. The van der Waals surface area contributed by atoms with Gasteiger partial charge >= 0.3 is 6.00 Å². The predicted octanol–water partition coefficient (Wildman–Crippen LogP) is 3.92. The molecule has 0 fully saturated rings. The average Bonchev–Trinajstić information content (AvgIpc) is 2.11. The fourth-order valence-corrected chi connectivity index (χ4v) is 4.28. The molecule has 1 atom stereocenters. The van der Waals surface area contributed by atoms with E-state index < -0.39 is 6.00 Å². The second-order valence-corrected chi connectivity index (χ2v) is 11.6. The quantitative estimate of drug-likeness (QED) is 0.471. The third-order valence-corrected chi connectivity index (χ3v) is 5.43. The van der Waals surface area contributed by atoms with Gasteiger partial charge in [0.15, 0.2) is 0 Å². The van der Waals surface area contributed by atoms with Crippen molar-refractivity contribution in [3.63, 3.8) is 0 Å². The van der Waals surface area contributed by atoms with Crippen molar-refractivity contribution in [1.82, 2.24) is 0 Å². The zero-order valence-electron chi connectivity index (χ0n) is 6.37. The van der Waals surface area contributed by atoms with Gasteiger partial charge in [0.05, 0.1) is 0 Å². The Kier molecular flexibility index (Phi) is 2.75. The summed E-state index contributed by atoms with van der Waals surface area (Å²) in [5.74, 6) is 0. The topological polar surface area (TPSA) is 0 Å². The van der Waals surface area contributed by atoms with Crippen LogP contribution < -0.4 is 0 Å². The van der Waals surface area contributed by atoms with Crippen molar-refractivity contribution in [3.8, 4) is 0 Å². The molecular formula is C7H9Cl3Si. The summed E-state index contributed by atoms with van der Waals surface area (Å²) in [5.41, 5.74) is 2.53. The van der Waals surface area contributed by atoms with E-state index in [9.17, 15) is 0 Å². The molecule has 0 aromatic heterocycles. The van der Waals surface area contributed by atoms with E-state index in [0.29, 0.717) is 0 Å².